The zero-order chi connectivity index (χ0) is 25.7. The monoisotopic (exact) mass is 495 g/mol. The SMILES string of the molecule is CC(C)Oc1ccc(-c2nc(-c3ccc4c(c3)CCN(C(=O)CNC(CO)CO)CC4)no2)cc1N. The molecule has 10 nitrogen and oxygen atoms in total. The number of anilines is 1. The second-order valence-corrected chi connectivity index (χ2v) is 9.15. The van der Waals surface area contributed by atoms with E-state index in [4.69, 9.17) is 15.0 Å². The van der Waals surface area contributed by atoms with Crippen molar-refractivity contribution in [2.24, 2.45) is 0 Å². The molecule has 3 aromatic rings. The zero-order valence-corrected chi connectivity index (χ0v) is 20.6. The standard InChI is InChI=1S/C26H33N5O5/c1-16(2)35-23-6-5-20(12-22(23)27)26-29-25(30-36-26)19-4-3-17-7-9-31(10-8-18(17)11-19)24(34)13-28-21(14-32)15-33/h3-6,11-12,16,21,28,32-33H,7-10,13-15,27H2,1-2H3. The van der Waals surface area contributed by atoms with E-state index in [-0.39, 0.29) is 31.8 Å². The lowest BCUT2D eigenvalue weighted by atomic mass is 10.00. The van der Waals surface area contributed by atoms with Gasteiger partial charge in [0.25, 0.3) is 5.89 Å². The van der Waals surface area contributed by atoms with E-state index < -0.39 is 6.04 Å². The van der Waals surface area contributed by atoms with Crippen LogP contribution in [0.15, 0.2) is 40.9 Å². The van der Waals surface area contributed by atoms with Crippen LogP contribution in [0.4, 0.5) is 5.69 Å². The van der Waals surface area contributed by atoms with Crippen molar-refractivity contribution in [3.05, 3.63) is 47.5 Å². The van der Waals surface area contributed by atoms with Gasteiger partial charge in [0.15, 0.2) is 0 Å². The highest BCUT2D eigenvalue weighted by atomic mass is 16.5. The Balaban J connectivity index is 1.44. The minimum absolute atomic E-state index is 0.0214. The molecule has 0 fully saturated rings. The highest BCUT2D eigenvalue weighted by Gasteiger charge is 2.21. The summed E-state index contributed by atoms with van der Waals surface area (Å²) in [6.07, 6.45) is 1.47. The number of nitrogen functional groups attached to an aromatic ring is 1. The van der Waals surface area contributed by atoms with E-state index in [2.05, 4.69) is 27.6 Å². The number of nitrogens with two attached hydrogens (primary N) is 1. The predicted molar refractivity (Wildman–Crippen MR) is 135 cm³/mol. The molecule has 10 heteroatoms. The van der Waals surface area contributed by atoms with E-state index in [9.17, 15) is 15.0 Å². The van der Waals surface area contributed by atoms with Crippen LogP contribution in [-0.4, -0.2) is 76.2 Å². The summed E-state index contributed by atoms with van der Waals surface area (Å²) in [5.41, 5.74) is 10.5. The third-order valence-electron chi connectivity index (χ3n) is 6.15. The van der Waals surface area contributed by atoms with Crippen molar-refractivity contribution >= 4 is 11.6 Å². The summed E-state index contributed by atoms with van der Waals surface area (Å²) < 4.78 is 11.2. The summed E-state index contributed by atoms with van der Waals surface area (Å²) in [5, 5.41) is 25.4. The number of carbonyl (C=O) groups excluding carboxylic acids is 1. The third-order valence-corrected chi connectivity index (χ3v) is 6.15. The van der Waals surface area contributed by atoms with Crippen molar-refractivity contribution in [1.29, 1.82) is 0 Å². The second-order valence-electron chi connectivity index (χ2n) is 9.15. The molecule has 4 rings (SSSR count). The summed E-state index contributed by atoms with van der Waals surface area (Å²) in [6.45, 7) is 4.71. The molecule has 1 amide bonds. The van der Waals surface area contributed by atoms with Gasteiger partial charge in [0.1, 0.15) is 5.75 Å². The first-order chi connectivity index (χ1) is 17.4. The van der Waals surface area contributed by atoms with E-state index in [1.54, 1.807) is 12.1 Å². The first-order valence-corrected chi connectivity index (χ1v) is 12.1. The fourth-order valence-electron chi connectivity index (χ4n) is 4.14. The number of nitrogens with one attached hydrogen (secondary N) is 1. The number of amides is 1. The molecule has 0 radical (unpaired) electrons. The van der Waals surface area contributed by atoms with Crippen molar-refractivity contribution in [2.75, 3.05) is 38.6 Å². The van der Waals surface area contributed by atoms with Crippen molar-refractivity contribution < 1.29 is 24.3 Å². The van der Waals surface area contributed by atoms with E-state index in [0.29, 0.717) is 48.2 Å². The molecule has 2 heterocycles. The fraction of sp³-hybridized carbons (Fsp3) is 0.423. The Morgan fingerprint density at radius 2 is 1.83 bits per heavy atom. The number of hydrogen-bond donors (Lipinski definition) is 4. The Labute approximate surface area is 210 Å². The average molecular weight is 496 g/mol. The van der Waals surface area contributed by atoms with Gasteiger partial charge in [-0.25, -0.2) is 0 Å². The number of aliphatic hydroxyl groups excluding tert-OH is 2. The molecule has 2 aromatic carbocycles. The summed E-state index contributed by atoms with van der Waals surface area (Å²) in [4.78, 5) is 19.0. The van der Waals surface area contributed by atoms with Crippen LogP contribution in [0.3, 0.4) is 0 Å². The molecular formula is C26H33N5O5. The van der Waals surface area contributed by atoms with Crippen LogP contribution in [0.5, 0.6) is 5.75 Å². The molecule has 0 atom stereocenters. The molecular weight excluding hydrogens is 462 g/mol. The van der Waals surface area contributed by atoms with Crippen LogP contribution in [0.25, 0.3) is 22.8 Å². The number of aromatic nitrogens is 2. The minimum Gasteiger partial charge on any atom is -0.489 e. The number of hydrogen-bond acceptors (Lipinski definition) is 9. The molecule has 36 heavy (non-hydrogen) atoms. The maximum atomic E-state index is 12.6. The first-order valence-electron chi connectivity index (χ1n) is 12.1. The van der Waals surface area contributed by atoms with Crippen molar-refractivity contribution in [3.63, 3.8) is 0 Å². The third kappa shape index (κ3) is 6.01. The summed E-state index contributed by atoms with van der Waals surface area (Å²) in [7, 11) is 0. The molecule has 0 bridgehead atoms. The van der Waals surface area contributed by atoms with Crippen molar-refractivity contribution in [3.8, 4) is 28.6 Å². The van der Waals surface area contributed by atoms with E-state index in [1.165, 1.54) is 5.56 Å². The highest BCUT2D eigenvalue weighted by molar-refractivity contribution is 5.78. The fourth-order valence-corrected chi connectivity index (χ4v) is 4.14. The van der Waals surface area contributed by atoms with Crippen LogP contribution < -0.4 is 15.8 Å². The van der Waals surface area contributed by atoms with Gasteiger partial charge in [-0.15, -0.1) is 0 Å². The molecule has 1 aliphatic heterocycles. The lowest BCUT2D eigenvalue weighted by Crippen LogP contribution is -2.45. The number of ether oxygens (including phenoxy) is 1. The van der Waals surface area contributed by atoms with Crippen LogP contribution in [0.1, 0.15) is 25.0 Å². The quantitative estimate of drug-likeness (QED) is 0.325. The van der Waals surface area contributed by atoms with Crippen LogP contribution in [0, 0.1) is 0 Å². The van der Waals surface area contributed by atoms with E-state index in [0.717, 1.165) is 17.5 Å². The maximum Gasteiger partial charge on any atom is 0.258 e. The normalized spacial score (nSPS) is 13.7. The number of aliphatic hydroxyl groups is 2. The zero-order valence-electron chi connectivity index (χ0n) is 20.6. The Morgan fingerprint density at radius 3 is 2.53 bits per heavy atom. The largest absolute Gasteiger partial charge is 0.489 e. The van der Waals surface area contributed by atoms with Crippen LogP contribution in [-0.2, 0) is 17.6 Å². The number of benzene rings is 2. The van der Waals surface area contributed by atoms with Crippen molar-refractivity contribution in [1.82, 2.24) is 20.4 Å². The minimum atomic E-state index is -0.497. The lowest BCUT2D eigenvalue weighted by Gasteiger charge is -2.22. The van der Waals surface area contributed by atoms with Gasteiger partial charge >= 0.3 is 0 Å². The van der Waals surface area contributed by atoms with Gasteiger partial charge in [-0.05, 0) is 62.1 Å². The number of rotatable bonds is 9. The Hall–Kier alpha value is -3.47. The highest BCUT2D eigenvalue weighted by Crippen LogP contribution is 2.30. The van der Waals surface area contributed by atoms with Gasteiger partial charge in [-0.1, -0.05) is 17.3 Å². The van der Waals surface area contributed by atoms with Crippen molar-refractivity contribution in [2.45, 2.75) is 38.8 Å². The van der Waals surface area contributed by atoms with E-state index in [1.807, 2.05) is 30.9 Å². The number of fused-ring (bicyclic) bond motifs is 1. The summed E-state index contributed by atoms with van der Waals surface area (Å²) in [5.74, 6) is 1.41. The maximum absolute atomic E-state index is 12.6. The average Bonchev–Trinajstić information content (AvgIpc) is 3.26. The molecule has 0 spiro atoms. The molecule has 0 saturated heterocycles. The summed E-state index contributed by atoms with van der Waals surface area (Å²) >= 11 is 0. The molecule has 0 saturated carbocycles. The molecule has 1 aliphatic rings. The van der Waals surface area contributed by atoms with Gasteiger partial charge < -0.3 is 35.4 Å². The summed E-state index contributed by atoms with van der Waals surface area (Å²) in [6, 6.07) is 11.0. The van der Waals surface area contributed by atoms with Gasteiger partial charge in [-0.2, -0.15) is 4.98 Å². The Kier molecular flexibility index (Phi) is 8.19. The smallest absolute Gasteiger partial charge is 0.258 e. The van der Waals surface area contributed by atoms with E-state index >= 15 is 0 Å². The van der Waals surface area contributed by atoms with Crippen LogP contribution >= 0.6 is 0 Å². The van der Waals surface area contributed by atoms with Gasteiger partial charge in [-0.3, -0.25) is 4.79 Å². The predicted octanol–water partition coefficient (Wildman–Crippen LogP) is 1.64. The van der Waals surface area contributed by atoms with Gasteiger partial charge in [0, 0.05) is 24.2 Å². The van der Waals surface area contributed by atoms with Gasteiger partial charge in [0.2, 0.25) is 11.7 Å². The molecule has 1 aromatic heterocycles. The first kappa shape index (κ1) is 25.6. The molecule has 5 N–H and O–H groups in total. The molecule has 0 unspecified atom stereocenters. The molecule has 0 aliphatic carbocycles. The molecule has 192 valence electrons. The van der Waals surface area contributed by atoms with Crippen LogP contribution in [0.2, 0.25) is 0 Å². The lowest BCUT2D eigenvalue weighted by molar-refractivity contribution is -0.130. The number of nitrogens with zero attached hydrogens (tertiary/aromatic N) is 3. The second kappa shape index (κ2) is 11.5. The Morgan fingerprint density at radius 1 is 1.11 bits per heavy atom. The Bertz CT molecular complexity index is 1190. The van der Waals surface area contributed by atoms with Gasteiger partial charge in [0.05, 0.1) is 37.6 Å². The topological polar surface area (TPSA) is 147 Å². The number of carbonyl (C=O) groups is 1.